The van der Waals surface area contributed by atoms with Gasteiger partial charge in [0, 0.05) is 25.0 Å². The van der Waals surface area contributed by atoms with Crippen LogP contribution in [0.15, 0.2) is 35.3 Å². The van der Waals surface area contributed by atoms with Crippen LogP contribution in [0.5, 0.6) is 0 Å². The third-order valence-corrected chi connectivity index (χ3v) is 2.47. The molecule has 0 aliphatic rings. The molecule has 0 unspecified atom stereocenters. The summed E-state index contributed by atoms with van der Waals surface area (Å²) in [7, 11) is 3.31. The van der Waals surface area contributed by atoms with Crippen LogP contribution in [0, 0.1) is 0 Å². The summed E-state index contributed by atoms with van der Waals surface area (Å²) < 4.78 is 0. The van der Waals surface area contributed by atoms with Crippen LogP contribution in [0.25, 0.3) is 10.9 Å². The number of hydrogen-bond acceptors (Lipinski definition) is 2. The number of fused-ring (bicyclic) bond motifs is 1. The number of amides is 1. The fourth-order valence-electron chi connectivity index (χ4n) is 1.60. The van der Waals surface area contributed by atoms with Gasteiger partial charge in [0.1, 0.15) is 5.69 Å². The van der Waals surface area contributed by atoms with E-state index in [1.807, 2.05) is 30.3 Å². The molecule has 18 heavy (non-hydrogen) atoms. The molecule has 0 aliphatic carbocycles. The predicted molar refractivity (Wildman–Crippen MR) is 75.4 cm³/mol. The van der Waals surface area contributed by atoms with Gasteiger partial charge in [0.15, 0.2) is 5.96 Å². The number of para-hydroxylation sites is 1. The first-order valence-corrected chi connectivity index (χ1v) is 5.28. The van der Waals surface area contributed by atoms with E-state index in [9.17, 15) is 4.79 Å². The fourth-order valence-corrected chi connectivity index (χ4v) is 1.60. The van der Waals surface area contributed by atoms with Crippen molar-refractivity contribution in [3.8, 4) is 0 Å². The summed E-state index contributed by atoms with van der Waals surface area (Å²) in [5.41, 5.74) is 1.46. The van der Waals surface area contributed by atoms with Gasteiger partial charge in [-0.15, -0.1) is 12.4 Å². The van der Waals surface area contributed by atoms with Crippen LogP contribution in [0.3, 0.4) is 0 Å². The van der Waals surface area contributed by atoms with Gasteiger partial charge in [-0.2, -0.15) is 0 Å². The van der Waals surface area contributed by atoms with Gasteiger partial charge < -0.3 is 10.3 Å². The molecule has 0 atom stereocenters. The minimum atomic E-state index is -0.212. The average molecular weight is 267 g/mol. The van der Waals surface area contributed by atoms with Gasteiger partial charge in [-0.05, 0) is 12.1 Å². The lowest BCUT2D eigenvalue weighted by Gasteiger charge is -2.05. The van der Waals surface area contributed by atoms with Gasteiger partial charge in [-0.25, -0.2) is 0 Å². The second-order valence-electron chi connectivity index (χ2n) is 3.55. The lowest BCUT2D eigenvalue weighted by atomic mass is 10.2. The van der Waals surface area contributed by atoms with E-state index in [0.29, 0.717) is 11.7 Å². The number of carbonyl (C=O) groups excluding carboxylic acids is 1. The molecule has 0 saturated heterocycles. The normalized spacial score (nSPS) is 10.9. The Morgan fingerprint density at radius 2 is 2.06 bits per heavy atom. The number of nitrogens with one attached hydrogen (secondary N) is 3. The molecule has 5 nitrogen and oxygen atoms in total. The van der Waals surface area contributed by atoms with Gasteiger partial charge >= 0.3 is 0 Å². The highest BCUT2D eigenvalue weighted by Gasteiger charge is 2.10. The molecule has 0 saturated carbocycles. The first-order valence-electron chi connectivity index (χ1n) is 5.28. The van der Waals surface area contributed by atoms with Crippen LogP contribution in [-0.2, 0) is 0 Å². The van der Waals surface area contributed by atoms with E-state index in [-0.39, 0.29) is 18.3 Å². The van der Waals surface area contributed by atoms with Gasteiger partial charge in [-0.1, -0.05) is 18.2 Å². The van der Waals surface area contributed by atoms with Crippen molar-refractivity contribution in [2.24, 2.45) is 4.99 Å². The van der Waals surface area contributed by atoms with Crippen molar-refractivity contribution in [1.82, 2.24) is 15.6 Å². The number of halogens is 1. The van der Waals surface area contributed by atoms with E-state index in [2.05, 4.69) is 20.6 Å². The number of aromatic nitrogens is 1. The van der Waals surface area contributed by atoms with E-state index < -0.39 is 0 Å². The molecule has 0 aliphatic heterocycles. The smallest absolute Gasteiger partial charge is 0.274 e. The molecule has 1 aromatic heterocycles. The van der Waals surface area contributed by atoms with Crippen molar-refractivity contribution >= 4 is 35.2 Å². The topological polar surface area (TPSA) is 69.3 Å². The van der Waals surface area contributed by atoms with Crippen molar-refractivity contribution < 1.29 is 4.79 Å². The maximum Gasteiger partial charge on any atom is 0.274 e. The zero-order valence-electron chi connectivity index (χ0n) is 10.2. The molecule has 0 radical (unpaired) electrons. The van der Waals surface area contributed by atoms with E-state index in [0.717, 1.165) is 10.9 Å². The highest BCUT2D eigenvalue weighted by atomic mass is 35.5. The average Bonchev–Trinajstić information content (AvgIpc) is 2.79. The van der Waals surface area contributed by atoms with Crippen LogP contribution >= 0.6 is 12.4 Å². The molecule has 0 bridgehead atoms. The van der Waals surface area contributed by atoms with E-state index in [1.54, 1.807) is 14.1 Å². The zero-order valence-corrected chi connectivity index (χ0v) is 11.0. The van der Waals surface area contributed by atoms with E-state index in [4.69, 9.17) is 0 Å². The monoisotopic (exact) mass is 266 g/mol. The molecular formula is C12H15ClN4O. The summed E-state index contributed by atoms with van der Waals surface area (Å²) in [5, 5.41) is 6.46. The van der Waals surface area contributed by atoms with Gasteiger partial charge in [0.2, 0.25) is 0 Å². The van der Waals surface area contributed by atoms with Crippen molar-refractivity contribution in [2.45, 2.75) is 0 Å². The number of rotatable bonds is 1. The molecule has 3 N–H and O–H groups in total. The number of nitrogens with zero attached hydrogens (tertiary/aromatic N) is 1. The maximum atomic E-state index is 11.9. The molecule has 96 valence electrons. The molecule has 0 fully saturated rings. The third-order valence-electron chi connectivity index (χ3n) is 2.47. The van der Waals surface area contributed by atoms with Crippen LogP contribution in [0.4, 0.5) is 0 Å². The third kappa shape index (κ3) is 2.81. The lowest BCUT2D eigenvalue weighted by Crippen LogP contribution is -2.39. The van der Waals surface area contributed by atoms with Crippen molar-refractivity contribution in [2.75, 3.05) is 14.1 Å². The number of aromatic amines is 1. The number of benzene rings is 1. The zero-order chi connectivity index (χ0) is 12.3. The van der Waals surface area contributed by atoms with Gasteiger partial charge in [0.05, 0.1) is 0 Å². The quantitative estimate of drug-likeness (QED) is 0.541. The first kappa shape index (κ1) is 14.1. The van der Waals surface area contributed by atoms with Crippen LogP contribution in [0.2, 0.25) is 0 Å². The van der Waals surface area contributed by atoms with Crippen LogP contribution < -0.4 is 10.6 Å². The Balaban J connectivity index is 0.00000162. The Labute approximate surface area is 111 Å². The highest BCUT2D eigenvalue weighted by Crippen LogP contribution is 2.14. The summed E-state index contributed by atoms with van der Waals surface area (Å²) in [6.07, 6.45) is 0. The van der Waals surface area contributed by atoms with Crippen molar-refractivity contribution in [3.63, 3.8) is 0 Å². The summed E-state index contributed by atoms with van der Waals surface area (Å²) in [5.74, 6) is 0.227. The van der Waals surface area contributed by atoms with E-state index in [1.165, 1.54) is 0 Å². The Hall–Kier alpha value is -2.01. The molecule has 6 heteroatoms. The number of hydrogen-bond donors (Lipinski definition) is 3. The summed E-state index contributed by atoms with van der Waals surface area (Å²) in [4.78, 5) is 18.8. The largest absolute Gasteiger partial charge is 0.359 e. The molecule has 1 heterocycles. The lowest BCUT2D eigenvalue weighted by molar-refractivity contribution is 0.0972. The Morgan fingerprint density at radius 3 is 2.67 bits per heavy atom. The Bertz CT molecular complexity index is 543. The standard InChI is InChI=1S/C12H14N4O.ClH/c1-13-12(14-2)16-11(17)10-7-8-5-3-4-6-9(8)15-10;/h3-7,15H,1-2H3,(H2,13,14,16,17);1H. The minimum Gasteiger partial charge on any atom is -0.359 e. The van der Waals surface area contributed by atoms with Crippen molar-refractivity contribution in [3.05, 3.63) is 36.0 Å². The second-order valence-corrected chi connectivity index (χ2v) is 3.55. The molecule has 2 aromatic rings. The number of carbonyl (C=O) groups is 1. The first-order chi connectivity index (χ1) is 8.24. The fraction of sp³-hybridized carbons (Fsp3) is 0.167. The SMILES string of the molecule is CN=C(NC)NC(=O)c1cc2ccccc2[nH]1.Cl. The van der Waals surface area contributed by atoms with E-state index >= 15 is 0 Å². The highest BCUT2D eigenvalue weighted by molar-refractivity contribution is 6.06. The summed E-state index contributed by atoms with van der Waals surface area (Å²) in [6, 6.07) is 9.56. The second kappa shape index (κ2) is 6.07. The van der Waals surface area contributed by atoms with Crippen LogP contribution in [0.1, 0.15) is 10.5 Å². The van der Waals surface area contributed by atoms with Gasteiger partial charge in [0.25, 0.3) is 5.91 Å². The Morgan fingerprint density at radius 1 is 1.33 bits per heavy atom. The molecule has 1 amide bonds. The van der Waals surface area contributed by atoms with Gasteiger partial charge in [-0.3, -0.25) is 15.1 Å². The summed E-state index contributed by atoms with van der Waals surface area (Å²) >= 11 is 0. The van der Waals surface area contributed by atoms with Crippen molar-refractivity contribution in [1.29, 1.82) is 0 Å². The maximum absolute atomic E-state index is 11.9. The molecule has 0 spiro atoms. The number of aliphatic imine (C=N–C) groups is 1. The molecule has 2 rings (SSSR count). The Kier molecular flexibility index (Phi) is 4.74. The molecule has 1 aromatic carbocycles. The van der Waals surface area contributed by atoms with Crippen LogP contribution in [-0.4, -0.2) is 30.9 Å². The minimum absolute atomic E-state index is 0. The number of H-pyrrole nitrogens is 1. The number of guanidine groups is 1. The molecular weight excluding hydrogens is 252 g/mol. The summed E-state index contributed by atoms with van der Waals surface area (Å²) in [6.45, 7) is 0. The predicted octanol–water partition coefficient (Wildman–Crippen LogP) is 1.52.